The fraction of sp³-hybridized carbons (Fsp3) is 0.652. The van der Waals surface area contributed by atoms with Gasteiger partial charge in [0.2, 0.25) is 0 Å². The third-order valence-electron chi connectivity index (χ3n) is 5.41. The highest BCUT2D eigenvalue weighted by atomic mass is 16.5. The fourth-order valence-electron chi connectivity index (χ4n) is 3.95. The van der Waals surface area contributed by atoms with Gasteiger partial charge in [0.1, 0.15) is 6.04 Å². The van der Waals surface area contributed by atoms with E-state index >= 15 is 0 Å². The van der Waals surface area contributed by atoms with E-state index in [0.29, 0.717) is 25.3 Å². The maximum absolute atomic E-state index is 12.2. The Balaban J connectivity index is 0.000000878. The highest BCUT2D eigenvalue weighted by molar-refractivity contribution is 5.88. The normalized spacial score (nSPS) is 24.9. The number of ether oxygens (including phenoxy) is 2. The van der Waals surface area contributed by atoms with Crippen LogP contribution in [0.4, 0.5) is 4.79 Å². The van der Waals surface area contributed by atoms with Crippen molar-refractivity contribution in [3.8, 4) is 0 Å². The van der Waals surface area contributed by atoms with E-state index in [1.807, 2.05) is 6.07 Å². The highest BCUT2D eigenvalue weighted by Crippen LogP contribution is 2.34. The monoisotopic (exact) mass is 389 g/mol. The van der Waals surface area contributed by atoms with Crippen molar-refractivity contribution in [3.63, 3.8) is 0 Å². The van der Waals surface area contributed by atoms with E-state index < -0.39 is 12.1 Å². The van der Waals surface area contributed by atoms with Crippen molar-refractivity contribution in [2.45, 2.75) is 76.9 Å². The Bertz CT molecular complexity index is 596. The Morgan fingerprint density at radius 2 is 1.75 bits per heavy atom. The molecule has 1 aromatic carbocycles. The lowest BCUT2D eigenvalue weighted by Crippen LogP contribution is -2.51. The summed E-state index contributed by atoms with van der Waals surface area (Å²) in [5, 5.41) is 0. The molecule has 156 valence electrons. The van der Waals surface area contributed by atoms with Gasteiger partial charge in [-0.2, -0.15) is 0 Å². The van der Waals surface area contributed by atoms with Gasteiger partial charge in [-0.05, 0) is 43.6 Å². The quantitative estimate of drug-likeness (QED) is 0.731. The van der Waals surface area contributed by atoms with Crippen LogP contribution in [0.15, 0.2) is 30.3 Å². The van der Waals surface area contributed by atoms with Crippen molar-refractivity contribution in [2.75, 3.05) is 20.3 Å². The second-order valence-electron chi connectivity index (χ2n) is 7.67. The second kappa shape index (κ2) is 11.8. The SMILES string of the molecule is CCC.COC(=O)N1CCCC(=O)C1COC1CCC(c2ccccc2)CC1. The summed E-state index contributed by atoms with van der Waals surface area (Å²) in [6.07, 6.45) is 6.41. The van der Waals surface area contributed by atoms with Gasteiger partial charge < -0.3 is 9.47 Å². The van der Waals surface area contributed by atoms with Gasteiger partial charge in [-0.15, -0.1) is 0 Å². The van der Waals surface area contributed by atoms with E-state index in [9.17, 15) is 9.59 Å². The summed E-state index contributed by atoms with van der Waals surface area (Å²) in [7, 11) is 1.35. The van der Waals surface area contributed by atoms with Gasteiger partial charge in [0.25, 0.3) is 0 Å². The lowest BCUT2D eigenvalue weighted by molar-refractivity contribution is -0.130. The average Bonchev–Trinajstić information content (AvgIpc) is 2.74. The first kappa shape index (κ1) is 22.4. The molecule has 1 aliphatic carbocycles. The van der Waals surface area contributed by atoms with Crippen LogP contribution in [-0.4, -0.2) is 49.2 Å². The number of carbonyl (C=O) groups excluding carboxylic acids is 2. The molecule has 1 saturated carbocycles. The maximum atomic E-state index is 12.2. The standard InChI is InChI=1S/C20H27NO4.C3H8/c1-24-20(23)21-13-5-8-19(22)18(21)14-25-17-11-9-16(10-12-17)15-6-3-2-4-7-15;1-3-2/h2-4,6-7,16-18H,5,8-14H2,1H3;3H2,1-2H3. The zero-order valence-corrected chi connectivity index (χ0v) is 17.6. The fourth-order valence-corrected chi connectivity index (χ4v) is 3.95. The number of piperidine rings is 1. The molecular weight excluding hydrogens is 354 g/mol. The second-order valence-corrected chi connectivity index (χ2v) is 7.67. The third-order valence-corrected chi connectivity index (χ3v) is 5.41. The molecule has 2 aliphatic rings. The lowest BCUT2D eigenvalue weighted by Gasteiger charge is -2.35. The molecule has 0 spiro atoms. The van der Waals surface area contributed by atoms with Gasteiger partial charge in [0, 0.05) is 13.0 Å². The molecule has 0 bridgehead atoms. The minimum atomic E-state index is -0.493. The molecule has 5 nitrogen and oxygen atoms in total. The van der Waals surface area contributed by atoms with E-state index in [1.54, 1.807) is 0 Å². The van der Waals surface area contributed by atoms with Crippen molar-refractivity contribution in [1.82, 2.24) is 4.90 Å². The predicted molar refractivity (Wildman–Crippen MR) is 110 cm³/mol. The number of carbonyl (C=O) groups is 2. The van der Waals surface area contributed by atoms with Crippen LogP contribution in [0.1, 0.15) is 70.3 Å². The number of hydrogen-bond donors (Lipinski definition) is 0. The largest absolute Gasteiger partial charge is 0.453 e. The Hall–Kier alpha value is -1.88. The summed E-state index contributed by atoms with van der Waals surface area (Å²) < 4.78 is 10.8. The van der Waals surface area contributed by atoms with E-state index in [-0.39, 0.29) is 18.5 Å². The minimum absolute atomic E-state index is 0.0784. The van der Waals surface area contributed by atoms with Crippen LogP contribution in [0.5, 0.6) is 0 Å². The molecule has 0 aromatic heterocycles. The van der Waals surface area contributed by atoms with Gasteiger partial charge in [-0.1, -0.05) is 50.6 Å². The molecule has 28 heavy (non-hydrogen) atoms. The van der Waals surface area contributed by atoms with Crippen molar-refractivity contribution < 1.29 is 19.1 Å². The van der Waals surface area contributed by atoms with Crippen molar-refractivity contribution in [3.05, 3.63) is 35.9 Å². The zero-order chi connectivity index (χ0) is 20.4. The first-order valence-electron chi connectivity index (χ1n) is 10.6. The number of benzene rings is 1. The highest BCUT2D eigenvalue weighted by Gasteiger charge is 2.34. The molecule has 1 unspecified atom stereocenters. The number of amides is 1. The Labute approximate surface area is 169 Å². The predicted octanol–water partition coefficient (Wildman–Crippen LogP) is 4.95. The van der Waals surface area contributed by atoms with E-state index in [2.05, 4.69) is 38.1 Å². The first-order valence-corrected chi connectivity index (χ1v) is 10.6. The molecule has 0 N–H and O–H groups in total. The summed E-state index contributed by atoms with van der Waals surface area (Å²) in [4.78, 5) is 25.6. The van der Waals surface area contributed by atoms with Crippen LogP contribution < -0.4 is 0 Å². The van der Waals surface area contributed by atoms with Gasteiger partial charge in [-0.25, -0.2) is 4.79 Å². The van der Waals surface area contributed by atoms with Crippen LogP contribution in [0, 0.1) is 0 Å². The maximum Gasteiger partial charge on any atom is 0.410 e. The van der Waals surface area contributed by atoms with Gasteiger partial charge in [0.15, 0.2) is 5.78 Å². The molecule has 1 atom stereocenters. The summed E-state index contributed by atoms with van der Waals surface area (Å²) >= 11 is 0. The van der Waals surface area contributed by atoms with E-state index in [0.717, 1.165) is 25.7 Å². The van der Waals surface area contributed by atoms with Gasteiger partial charge >= 0.3 is 6.09 Å². The molecule has 2 fully saturated rings. The van der Waals surface area contributed by atoms with Crippen LogP contribution in [0.3, 0.4) is 0 Å². The van der Waals surface area contributed by atoms with Crippen LogP contribution in [0.2, 0.25) is 0 Å². The van der Waals surface area contributed by atoms with E-state index in [1.165, 1.54) is 24.0 Å². The van der Waals surface area contributed by atoms with Crippen molar-refractivity contribution >= 4 is 11.9 Å². The number of likely N-dealkylation sites (tertiary alicyclic amines) is 1. The number of nitrogens with zero attached hydrogens (tertiary/aromatic N) is 1. The summed E-state index contributed by atoms with van der Waals surface area (Å²) in [5.74, 6) is 0.679. The first-order chi connectivity index (χ1) is 13.6. The zero-order valence-electron chi connectivity index (χ0n) is 17.6. The van der Waals surface area contributed by atoms with Crippen molar-refractivity contribution in [2.24, 2.45) is 0 Å². The molecule has 5 heteroatoms. The minimum Gasteiger partial charge on any atom is -0.453 e. The van der Waals surface area contributed by atoms with Crippen molar-refractivity contribution in [1.29, 1.82) is 0 Å². The molecular formula is C23H35NO4. The van der Waals surface area contributed by atoms with Crippen LogP contribution >= 0.6 is 0 Å². The molecule has 1 saturated heterocycles. The number of hydrogen-bond acceptors (Lipinski definition) is 4. The molecule has 1 aromatic rings. The van der Waals surface area contributed by atoms with Crippen LogP contribution in [-0.2, 0) is 14.3 Å². The molecule has 3 rings (SSSR count). The summed E-state index contributed by atoms with van der Waals surface area (Å²) in [6.45, 7) is 5.10. The topological polar surface area (TPSA) is 55.8 Å². The number of ketones is 1. The smallest absolute Gasteiger partial charge is 0.410 e. The molecule has 1 heterocycles. The average molecular weight is 390 g/mol. The molecule has 0 radical (unpaired) electrons. The number of Topliss-reactive ketones (excluding diaryl/α,β-unsaturated/α-hetero) is 1. The van der Waals surface area contributed by atoms with Crippen LogP contribution in [0.25, 0.3) is 0 Å². The third kappa shape index (κ3) is 6.33. The summed E-state index contributed by atoms with van der Waals surface area (Å²) in [5.41, 5.74) is 1.40. The summed E-state index contributed by atoms with van der Waals surface area (Å²) in [6, 6.07) is 10.1. The van der Waals surface area contributed by atoms with Gasteiger partial charge in [0.05, 0.1) is 19.8 Å². The number of methoxy groups -OCH3 is 1. The number of rotatable bonds is 4. The Morgan fingerprint density at radius 3 is 2.36 bits per heavy atom. The van der Waals surface area contributed by atoms with Gasteiger partial charge in [-0.3, -0.25) is 9.69 Å². The Morgan fingerprint density at radius 1 is 1.11 bits per heavy atom. The molecule has 1 amide bonds. The molecule has 1 aliphatic heterocycles. The lowest BCUT2D eigenvalue weighted by atomic mass is 9.83. The van der Waals surface area contributed by atoms with E-state index in [4.69, 9.17) is 9.47 Å². The Kier molecular flexibility index (Phi) is 9.48.